The normalized spacial score (nSPS) is 32.9. The van der Waals surface area contributed by atoms with Gasteiger partial charge >= 0.3 is 7.60 Å². The van der Waals surface area contributed by atoms with E-state index in [1.54, 1.807) is 0 Å². The van der Waals surface area contributed by atoms with E-state index in [1.807, 2.05) is 0 Å². The third kappa shape index (κ3) is 2.78. The molecule has 0 radical (unpaired) electrons. The van der Waals surface area contributed by atoms with E-state index in [0.29, 0.717) is 0 Å². The Bertz CT molecular complexity index is 237. The van der Waals surface area contributed by atoms with E-state index < -0.39 is 25.6 Å². The van der Waals surface area contributed by atoms with Gasteiger partial charge in [0.05, 0.1) is 12.7 Å². The molecule has 0 bridgehead atoms. The van der Waals surface area contributed by atoms with Crippen LogP contribution in [0.15, 0.2) is 0 Å². The second-order valence-electron chi connectivity index (χ2n) is 3.27. The van der Waals surface area contributed by atoms with Crippen LogP contribution in [0.25, 0.3) is 0 Å². The third-order valence-corrected chi connectivity index (χ3v) is 4.83. The molecule has 0 spiro atoms. The number of methoxy groups -OCH3 is 1. The Morgan fingerprint density at radius 3 is 2.33 bits per heavy atom. The van der Waals surface area contributed by atoms with Gasteiger partial charge in [0.1, 0.15) is 5.66 Å². The first kappa shape index (κ1) is 13.1. The monoisotopic (exact) mass is 240 g/mol. The quantitative estimate of drug-likeness (QED) is 0.725. The van der Waals surface area contributed by atoms with Crippen LogP contribution >= 0.6 is 7.60 Å². The van der Waals surface area contributed by atoms with E-state index in [-0.39, 0.29) is 13.0 Å². The number of aliphatic hydroxyl groups is 1. The minimum absolute atomic E-state index is 0.0959. The summed E-state index contributed by atoms with van der Waals surface area (Å²) < 4.78 is 31.8. The molecule has 0 aromatic carbocycles. The summed E-state index contributed by atoms with van der Waals surface area (Å²) in [6.07, 6.45) is -1.01. The lowest BCUT2D eigenvalue weighted by molar-refractivity contribution is -0.170. The summed E-state index contributed by atoms with van der Waals surface area (Å²) in [6, 6.07) is 0. The van der Waals surface area contributed by atoms with Gasteiger partial charge < -0.3 is 23.6 Å². The van der Waals surface area contributed by atoms with Gasteiger partial charge in [-0.15, -0.1) is 0 Å². The van der Waals surface area contributed by atoms with Crippen LogP contribution in [0.3, 0.4) is 0 Å². The molecule has 90 valence electrons. The smallest absolute Gasteiger partial charge is 0.338 e. The Balaban J connectivity index is 2.68. The van der Waals surface area contributed by atoms with E-state index >= 15 is 0 Å². The van der Waals surface area contributed by atoms with Crippen LogP contribution in [0.2, 0.25) is 0 Å². The van der Waals surface area contributed by atoms with Crippen LogP contribution in [0.1, 0.15) is 6.42 Å². The third-order valence-electron chi connectivity index (χ3n) is 2.51. The molecule has 1 heterocycles. The average Bonchev–Trinajstić information content (AvgIpc) is 2.27. The summed E-state index contributed by atoms with van der Waals surface area (Å²) in [5.74, 6) is 0. The van der Waals surface area contributed by atoms with Crippen molar-refractivity contribution in [1.29, 1.82) is 0 Å². The van der Waals surface area contributed by atoms with E-state index in [1.165, 1.54) is 21.3 Å². The zero-order chi connectivity index (χ0) is 11.5. The van der Waals surface area contributed by atoms with Gasteiger partial charge in [-0.3, -0.25) is 4.57 Å². The van der Waals surface area contributed by atoms with Crippen molar-refractivity contribution in [2.24, 2.45) is 0 Å². The van der Waals surface area contributed by atoms with Gasteiger partial charge in [-0.2, -0.15) is 0 Å². The molecule has 0 aliphatic carbocycles. The molecule has 0 aromatic rings. The molecule has 1 rings (SSSR count). The molecule has 7 heteroatoms. The molecule has 1 fully saturated rings. The molecule has 1 aliphatic heterocycles. The Hall–Kier alpha value is 0.0300. The molecule has 0 saturated carbocycles. The summed E-state index contributed by atoms with van der Waals surface area (Å²) in [5, 5.41) is 9.78. The highest BCUT2D eigenvalue weighted by Crippen LogP contribution is 2.54. The van der Waals surface area contributed by atoms with Crippen molar-refractivity contribution in [2.45, 2.75) is 24.5 Å². The zero-order valence-electron chi connectivity index (χ0n) is 9.08. The van der Waals surface area contributed by atoms with E-state index in [4.69, 9.17) is 18.5 Å². The molecule has 0 aromatic heterocycles. The van der Waals surface area contributed by atoms with Gasteiger partial charge in [0.25, 0.3) is 0 Å². The van der Waals surface area contributed by atoms with Gasteiger partial charge in [-0.1, -0.05) is 0 Å². The van der Waals surface area contributed by atoms with Gasteiger partial charge in [0, 0.05) is 27.8 Å². The molecule has 3 atom stereocenters. The highest BCUT2D eigenvalue weighted by atomic mass is 31.2. The van der Waals surface area contributed by atoms with E-state index in [2.05, 4.69) is 0 Å². The minimum Gasteiger partial charge on any atom is -0.392 e. The first-order valence-corrected chi connectivity index (χ1v) is 6.22. The second kappa shape index (κ2) is 5.39. The van der Waals surface area contributed by atoms with Crippen LogP contribution in [0, 0.1) is 0 Å². The second-order valence-corrected chi connectivity index (χ2v) is 5.75. The number of ether oxygens (including phenoxy) is 2. The Morgan fingerprint density at radius 2 is 1.93 bits per heavy atom. The van der Waals surface area contributed by atoms with Crippen molar-refractivity contribution in [3.05, 3.63) is 0 Å². The molecule has 1 N–H and O–H groups in total. The van der Waals surface area contributed by atoms with Crippen molar-refractivity contribution in [3.63, 3.8) is 0 Å². The first-order chi connectivity index (χ1) is 7.07. The van der Waals surface area contributed by atoms with Gasteiger partial charge in [-0.25, -0.2) is 0 Å². The van der Waals surface area contributed by atoms with Crippen molar-refractivity contribution >= 4 is 7.60 Å². The molecule has 1 saturated heterocycles. The van der Waals surface area contributed by atoms with Crippen LogP contribution in [0.5, 0.6) is 0 Å². The maximum atomic E-state index is 12.0. The molecule has 15 heavy (non-hydrogen) atoms. The number of rotatable bonds is 4. The maximum Gasteiger partial charge on any atom is 0.338 e. The Morgan fingerprint density at radius 1 is 1.33 bits per heavy atom. The highest BCUT2D eigenvalue weighted by molar-refractivity contribution is 7.54. The average molecular weight is 240 g/mol. The maximum absolute atomic E-state index is 12.0. The lowest BCUT2D eigenvalue weighted by Gasteiger charge is -2.34. The number of aliphatic hydroxyl groups excluding tert-OH is 1. The summed E-state index contributed by atoms with van der Waals surface area (Å²) in [6.45, 7) is 0.0959. The Labute approximate surface area is 89.0 Å². The predicted molar refractivity (Wildman–Crippen MR) is 52.8 cm³/mol. The fourth-order valence-electron chi connectivity index (χ4n) is 1.55. The van der Waals surface area contributed by atoms with Crippen molar-refractivity contribution in [1.82, 2.24) is 0 Å². The lowest BCUT2D eigenvalue weighted by atomic mass is 10.1. The molecule has 1 aliphatic rings. The van der Waals surface area contributed by atoms with Crippen molar-refractivity contribution in [3.8, 4) is 0 Å². The van der Waals surface area contributed by atoms with Crippen LogP contribution in [-0.4, -0.2) is 51.1 Å². The Kier molecular flexibility index (Phi) is 4.70. The zero-order valence-corrected chi connectivity index (χ0v) is 9.98. The van der Waals surface area contributed by atoms with E-state index in [9.17, 15) is 9.67 Å². The topological polar surface area (TPSA) is 74.2 Å². The molecule has 0 unspecified atom stereocenters. The number of hydrogen-bond acceptors (Lipinski definition) is 6. The molecular weight excluding hydrogens is 223 g/mol. The largest absolute Gasteiger partial charge is 0.392 e. The summed E-state index contributed by atoms with van der Waals surface area (Å²) in [5.41, 5.74) is -0.654. The predicted octanol–water partition coefficient (Wildman–Crippen LogP) is 0.595. The lowest BCUT2D eigenvalue weighted by Crippen LogP contribution is -2.42. The molecule has 6 nitrogen and oxygen atoms in total. The van der Waals surface area contributed by atoms with Crippen LogP contribution in [-0.2, 0) is 23.1 Å². The summed E-state index contributed by atoms with van der Waals surface area (Å²) in [4.78, 5) is 0. The van der Waals surface area contributed by atoms with E-state index in [0.717, 1.165) is 0 Å². The van der Waals surface area contributed by atoms with Gasteiger partial charge in [0.2, 0.25) is 0 Å². The highest BCUT2D eigenvalue weighted by Gasteiger charge is 2.43. The summed E-state index contributed by atoms with van der Waals surface area (Å²) >= 11 is 0. The van der Waals surface area contributed by atoms with Crippen molar-refractivity contribution in [2.75, 3.05) is 27.9 Å². The van der Waals surface area contributed by atoms with Gasteiger partial charge in [-0.05, 0) is 0 Å². The fraction of sp³-hybridized carbons (Fsp3) is 1.00. The SMILES string of the molecule is CO[C@H]1C[C@H](O)[C@H](P(=O)(OC)OC)CO1. The van der Waals surface area contributed by atoms with Crippen molar-refractivity contribution < 1.29 is 28.2 Å². The first-order valence-electron chi connectivity index (χ1n) is 4.61. The van der Waals surface area contributed by atoms with Gasteiger partial charge in [0.15, 0.2) is 6.29 Å². The summed E-state index contributed by atoms with van der Waals surface area (Å²) in [7, 11) is 0.792. The van der Waals surface area contributed by atoms with Crippen LogP contribution < -0.4 is 0 Å². The standard InChI is InChI=1S/C8H17O6P/c1-11-8-4-6(9)7(5-14-8)15(10,12-2)13-3/h6-9H,4-5H2,1-3H3/t6-,7+,8+/m0/s1. The molecule has 0 amide bonds. The molecular formula is C8H17O6P. The minimum atomic E-state index is -3.28. The van der Waals surface area contributed by atoms with Crippen LogP contribution in [0.4, 0.5) is 0 Å². The fourth-order valence-corrected chi connectivity index (χ4v) is 3.05. The number of hydrogen-bond donors (Lipinski definition) is 1.